The molecule has 0 saturated heterocycles. The van der Waals surface area contributed by atoms with Gasteiger partial charge in [-0.05, 0) is 60.9 Å². The number of aliphatic hydroxyl groups is 1. The van der Waals surface area contributed by atoms with E-state index in [0.29, 0.717) is 19.4 Å². The summed E-state index contributed by atoms with van der Waals surface area (Å²) in [6.45, 7) is 10.3. The van der Waals surface area contributed by atoms with E-state index in [2.05, 4.69) is 24.1 Å². The summed E-state index contributed by atoms with van der Waals surface area (Å²) >= 11 is 0. The predicted molar refractivity (Wildman–Crippen MR) is 90.5 cm³/mol. The molecule has 0 aromatic heterocycles. The lowest BCUT2D eigenvalue weighted by atomic mass is 9.85. The topological polar surface area (TPSA) is 71.0 Å². The highest BCUT2D eigenvalue weighted by Gasteiger charge is 2.39. The standard InChI is InChI=1S/C17H34N2O4/c1-16(2,3)23-15(21)18-13-9-8-12(20)10-14(13)19(6)17(4,5)11-22-7/h12-14,20H,8-11H2,1-7H3,(H,18,21). The number of ether oxygens (including phenoxy) is 2. The van der Waals surface area contributed by atoms with Crippen LogP contribution in [-0.2, 0) is 9.47 Å². The predicted octanol–water partition coefficient (Wildman–Crippen LogP) is 2.15. The van der Waals surface area contributed by atoms with Gasteiger partial charge in [-0.1, -0.05) is 0 Å². The first-order chi connectivity index (χ1) is 10.5. The van der Waals surface area contributed by atoms with E-state index in [4.69, 9.17) is 9.47 Å². The Morgan fingerprint density at radius 3 is 2.39 bits per heavy atom. The zero-order valence-corrected chi connectivity index (χ0v) is 15.7. The van der Waals surface area contributed by atoms with Crippen molar-refractivity contribution in [3.05, 3.63) is 0 Å². The van der Waals surface area contributed by atoms with Gasteiger partial charge in [0.25, 0.3) is 0 Å². The molecule has 0 aromatic carbocycles. The van der Waals surface area contributed by atoms with Gasteiger partial charge in [0.1, 0.15) is 5.60 Å². The first-order valence-corrected chi connectivity index (χ1v) is 8.36. The van der Waals surface area contributed by atoms with Crippen LogP contribution < -0.4 is 5.32 Å². The number of methoxy groups -OCH3 is 1. The fraction of sp³-hybridized carbons (Fsp3) is 0.941. The maximum atomic E-state index is 12.1. The molecule has 1 aliphatic rings. The Morgan fingerprint density at radius 2 is 1.87 bits per heavy atom. The highest BCUT2D eigenvalue weighted by molar-refractivity contribution is 5.68. The van der Waals surface area contributed by atoms with Crippen LogP contribution in [0.2, 0.25) is 0 Å². The second-order valence-electron chi connectivity index (χ2n) is 8.14. The summed E-state index contributed by atoms with van der Waals surface area (Å²) in [6.07, 6.45) is 1.32. The summed E-state index contributed by atoms with van der Waals surface area (Å²) < 4.78 is 10.7. The number of carbonyl (C=O) groups is 1. The van der Waals surface area contributed by atoms with Crippen molar-refractivity contribution in [1.29, 1.82) is 0 Å². The minimum Gasteiger partial charge on any atom is -0.444 e. The SMILES string of the molecule is COCC(C)(C)N(C)C1CC(O)CCC1NC(=O)OC(C)(C)C. The monoisotopic (exact) mass is 330 g/mol. The molecule has 1 rings (SSSR count). The maximum absolute atomic E-state index is 12.1. The minimum atomic E-state index is -0.519. The van der Waals surface area contributed by atoms with Crippen molar-refractivity contribution >= 4 is 6.09 Å². The number of hydrogen-bond donors (Lipinski definition) is 2. The van der Waals surface area contributed by atoms with Crippen LogP contribution in [0.25, 0.3) is 0 Å². The summed E-state index contributed by atoms with van der Waals surface area (Å²) in [7, 11) is 3.70. The number of carbonyl (C=O) groups excluding carboxylic acids is 1. The van der Waals surface area contributed by atoms with Crippen molar-refractivity contribution in [1.82, 2.24) is 10.2 Å². The summed E-state index contributed by atoms with van der Waals surface area (Å²) in [5, 5.41) is 13.0. The molecule has 23 heavy (non-hydrogen) atoms. The van der Waals surface area contributed by atoms with Crippen LogP contribution >= 0.6 is 0 Å². The molecule has 6 nitrogen and oxygen atoms in total. The van der Waals surface area contributed by atoms with Crippen molar-refractivity contribution in [3.63, 3.8) is 0 Å². The van der Waals surface area contributed by atoms with Gasteiger partial charge in [-0.3, -0.25) is 4.90 Å². The van der Waals surface area contributed by atoms with Gasteiger partial charge in [-0.15, -0.1) is 0 Å². The normalized spacial score (nSPS) is 26.2. The molecular formula is C17H34N2O4. The van der Waals surface area contributed by atoms with Gasteiger partial charge in [0, 0.05) is 24.7 Å². The minimum absolute atomic E-state index is 0.0384. The Labute approximate surface area is 140 Å². The lowest BCUT2D eigenvalue weighted by molar-refractivity contribution is -0.0241. The number of hydrogen-bond acceptors (Lipinski definition) is 5. The molecule has 0 radical (unpaired) electrons. The maximum Gasteiger partial charge on any atom is 0.407 e. The molecule has 1 aliphatic carbocycles. The van der Waals surface area contributed by atoms with Gasteiger partial charge in [0.15, 0.2) is 0 Å². The molecule has 1 amide bonds. The van der Waals surface area contributed by atoms with E-state index in [1.807, 2.05) is 27.8 Å². The number of likely N-dealkylation sites (N-methyl/N-ethyl adjacent to an activating group) is 1. The van der Waals surface area contributed by atoms with Crippen molar-refractivity contribution in [3.8, 4) is 0 Å². The quantitative estimate of drug-likeness (QED) is 0.808. The van der Waals surface area contributed by atoms with Crippen LogP contribution in [0.1, 0.15) is 53.9 Å². The fourth-order valence-electron chi connectivity index (χ4n) is 3.08. The Kier molecular flexibility index (Phi) is 6.86. The Bertz CT molecular complexity index is 393. The third kappa shape index (κ3) is 6.28. The number of nitrogens with one attached hydrogen (secondary N) is 1. The zero-order valence-electron chi connectivity index (χ0n) is 15.7. The van der Waals surface area contributed by atoms with Crippen LogP contribution in [0.5, 0.6) is 0 Å². The van der Waals surface area contributed by atoms with Crippen LogP contribution in [0.3, 0.4) is 0 Å². The second kappa shape index (κ2) is 7.81. The lowest BCUT2D eigenvalue weighted by Crippen LogP contribution is -2.60. The Balaban J connectivity index is 2.81. The molecule has 6 heteroatoms. The average Bonchev–Trinajstić information content (AvgIpc) is 2.37. The Morgan fingerprint density at radius 1 is 1.26 bits per heavy atom. The van der Waals surface area contributed by atoms with Crippen molar-refractivity contribution in [2.24, 2.45) is 0 Å². The van der Waals surface area contributed by atoms with E-state index in [1.54, 1.807) is 7.11 Å². The van der Waals surface area contributed by atoms with Crippen LogP contribution in [0.4, 0.5) is 4.79 Å². The number of alkyl carbamates (subject to hydrolysis) is 1. The number of amides is 1. The van der Waals surface area contributed by atoms with Crippen LogP contribution in [0, 0.1) is 0 Å². The van der Waals surface area contributed by atoms with E-state index >= 15 is 0 Å². The van der Waals surface area contributed by atoms with Crippen molar-refractivity contribution in [2.75, 3.05) is 20.8 Å². The lowest BCUT2D eigenvalue weighted by Gasteiger charge is -2.46. The molecule has 1 fully saturated rings. The molecule has 0 heterocycles. The van der Waals surface area contributed by atoms with E-state index < -0.39 is 11.7 Å². The molecule has 1 saturated carbocycles. The van der Waals surface area contributed by atoms with Crippen LogP contribution in [0.15, 0.2) is 0 Å². The molecule has 0 aliphatic heterocycles. The van der Waals surface area contributed by atoms with Gasteiger partial charge in [-0.2, -0.15) is 0 Å². The Hall–Kier alpha value is -0.850. The molecule has 2 N–H and O–H groups in total. The zero-order chi connectivity index (χ0) is 17.8. The highest BCUT2D eigenvalue weighted by Crippen LogP contribution is 2.28. The van der Waals surface area contributed by atoms with E-state index in [9.17, 15) is 9.90 Å². The van der Waals surface area contributed by atoms with Gasteiger partial charge in [-0.25, -0.2) is 4.79 Å². The van der Waals surface area contributed by atoms with E-state index in [0.717, 1.165) is 6.42 Å². The summed E-state index contributed by atoms with van der Waals surface area (Å²) in [5.41, 5.74) is -0.709. The molecule has 0 spiro atoms. The smallest absolute Gasteiger partial charge is 0.407 e. The summed E-state index contributed by atoms with van der Waals surface area (Å²) in [5.74, 6) is 0. The molecule has 136 valence electrons. The van der Waals surface area contributed by atoms with Crippen molar-refractivity contribution < 1.29 is 19.4 Å². The third-order valence-electron chi connectivity index (χ3n) is 4.44. The van der Waals surface area contributed by atoms with Crippen LogP contribution in [-0.4, -0.2) is 66.2 Å². The fourth-order valence-corrected chi connectivity index (χ4v) is 3.08. The third-order valence-corrected chi connectivity index (χ3v) is 4.44. The van der Waals surface area contributed by atoms with E-state index in [-0.39, 0.29) is 23.7 Å². The first-order valence-electron chi connectivity index (χ1n) is 8.36. The molecule has 0 bridgehead atoms. The summed E-state index contributed by atoms with van der Waals surface area (Å²) in [4.78, 5) is 14.3. The van der Waals surface area contributed by atoms with E-state index in [1.165, 1.54) is 0 Å². The number of nitrogens with zero attached hydrogens (tertiary/aromatic N) is 1. The van der Waals surface area contributed by atoms with Crippen molar-refractivity contribution in [2.45, 2.75) is 83.2 Å². The van der Waals surface area contributed by atoms with Gasteiger partial charge >= 0.3 is 6.09 Å². The first kappa shape index (κ1) is 20.2. The summed E-state index contributed by atoms with van der Waals surface area (Å²) in [6, 6.07) is -0.00852. The van der Waals surface area contributed by atoms with Gasteiger partial charge in [0.05, 0.1) is 12.7 Å². The van der Waals surface area contributed by atoms with Gasteiger partial charge in [0.2, 0.25) is 0 Å². The number of aliphatic hydroxyl groups excluding tert-OH is 1. The van der Waals surface area contributed by atoms with Gasteiger partial charge < -0.3 is 19.9 Å². The molecule has 3 unspecified atom stereocenters. The average molecular weight is 330 g/mol. The number of rotatable bonds is 5. The largest absolute Gasteiger partial charge is 0.444 e. The molecule has 0 aromatic rings. The molecule has 3 atom stereocenters. The highest BCUT2D eigenvalue weighted by atomic mass is 16.6. The second-order valence-corrected chi connectivity index (χ2v) is 8.14. The molecular weight excluding hydrogens is 296 g/mol.